The molecular weight excluding hydrogens is 645 g/mol. The average molecular weight is 667 g/mol. The molecule has 230 valence electrons. The van der Waals surface area contributed by atoms with Crippen LogP contribution >= 0.6 is 35.6 Å². The minimum atomic E-state index is -4.58. The van der Waals surface area contributed by atoms with Crippen molar-refractivity contribution in [2.45, 2.75) is 6.18 Å². The van der Waals surface area contributed by atoms with Gasteiger partial charge in [0.05, 0.1) is 35.4 Å². The van der Waals surface area contributed by atoms with Crippen LogP contribution in [0.2, 0.25) is 5.02 Å². The Bertz CT molecular complexity index is 1650. The molecule has 1 aliphatic rings. The van der Waals surface area contributed by atoms with E-state index in [0.29, 0.717) is 22.0 Å². The fourth-order valence-corrected chi connectivity index (χ4v) is 5.38. The van der Waals surface area contributed by atoms with Gasteiger partial charge in [0.15, 0.2) is 29.0 Å². The maximum absolute atomic E-state index is 13.2. The fourth-order valence-electron chi connectivity index (χ4n) is 3.82. The highest BCUT2D eigenvalue weighted by Gasteiger charge is 2.36. The second-order valence-electron chi connectivity index (χ2n) is 8.82. The lowest BCUT2D eigenvalue weighted by molar-refractivity contribution is -0.149. The summed E-state index contributed by atoms with van der Waals surface area (Å²) in [7, 11) is 2.83. The van der Waals surface area contributed by atoms with E-state index in [1.54, 1.807) is 18.2 Å². The minimum absolute atomic E-state index is 0.00144. The standard InChI is InChI=1S/C29H22ClF3N2O7S2/c1-39-21-9-7-18(13-20(21)30)34-25(36)14-42-26(37)15-41-22-8-6-16(10-23(22)40-2)11-24-27(38)35(28(43)44-24)19-5-3-4-17(12-19)29(31,32)33/h3-13H,14-15H2,1-2H3,(H,34,36)/b24-11-. The highest BCUT2D eigenvalue weighted by molar-refractivity contribution is 8.27. The SMILES string of the molecule is COc1ccc(NC(=O)COC(=O)COc2ccc(/C=C3\SC(=S)N(c4cccc(C(F)(F)F)c4)C3=O)cc2OC)cc1Cl. The Kier molecular flexibility index (Phi) is 10.4. The Morgan fingerprint density at radius 1 is 1.00 bits per heavy atom. The number of thiocarbonyl (C=S) groups is 1. The Balaban J connectivity index is 1.35. The average Bonchev–Trinajstić information content (AvgIpc) is 3.26. The summed E-state index contributed by atoms with van der Waals surface area (Å²) in [4.78, 5) is 38.6. The second-order valence-corrected chi connectivity index (χ2v) is 10.9. The quantitative estimate of drug-likeness (QED) is 0.151. The number of rotatable bonds is 10. The van der Waals surface area contributed by atoms with E-state index < -0.39 is 42.7 Å². The van der Waals surface area contributed by atoms with Crippen molar-refractivity contribution in [1.82, 2.24) is 0 Å². The molecule has 4 rings (SSSR count). The summed E-state index contributed by atoms with van der Waals surface area (Å²) in [6.07, 6.45) is -3.08. The van der Waals surface area contributed by atoms with Crippen LogP contribution in [0.3, 0.4) is 0 Å². The van der Waals surface area contributed by atoms with Gasteiger partial charge in [0.2, 0.25) is 0 Å². The molecule has 0 aliphatic carbocycles. The van der Waals surface area contributed by atoms with Crippen molar-refractivity contribution in [2.75, 3.05) is 37.7 Å². The van der Waals surface area contributed by atoms with Crippen molar-refractivity contribution in [3.8, 4) is 17.2 Å². The number of alkyl halides is 3. The predicted octanol–water partition coefficient (Wildman–Crippen LogP) is 6.34. The Morgan fingerprint density at radius 3 is 2.41 bits per heavy atom. The third-order valence-electron chi connectivity index (χ3n) is 5.86. The molecule has 0 aromatic heterocycles. The maximum Gasteiger partial charge on any atom is 0.416 e. The van der Waals surface area contributed by atoms with Crippen molar-refractivity contribution in [2.24, 2.45) is 0 Å². The van der Waals surface area contributed by atoms with E-state index >= 15 is 0 Å². The summed E-state index contributed by atoms with van der Waals surface area (Å²) in [5.41, 5.74) is -0.0200. The largest absolute Gasteiger partial charge is 0.495 e. The molecule has 1 saturated heterocycles. The van der Waals surface area contributed by atoms with Crippen LogP contribution in [0, 0.1) is 0 Å². The first-order valence-corrected chi connectivity index (χ1v) is 14.0. The van der Waals surface area contributed by atoms with Gasteiger partial charge in [-0.3, -0.25) is 14.5 Å². The van der Waals surface area contributed by atoms with Crippen LogP contribution in [-0.2, 0) is 25.3 Å². The molecule has 1 aliphatic heterocycles. The molecule has 9 nitrogen and oxygen atoms in total. The van der Waals surface area contributed by atoms with E-state index in [1.165, 1.54) is 50.6 Å². The number of thioether (sulfide) groups is 1. The van der Waals surface area contributed by atoms with E-state index in [2.05, 4.69) is 5.32 Å². The maximum atomic E-state index is 13.2. The van der Waals surface area contributed by atoms with Crippen molar-refractivity contribution in [1.29, 1.82) is 0 Å². The Labute approximate surface area is 263 Å². The summed E-state index contributed by atoms with van der Waals surface area (Å²) in [6.45, 7) is -1.10. The third kappa shape index (κ3) is 8.01. The summed E-state index contributed by atoms with van der Waals surface area (Å²) in [5, 5.41) is 2.83. The number of methoxy groups -OCH3 is 2. The molecule has 0 spiro atoms. The van der Waals surface area contributed by atoms with E-state index in [1.807, 2.05) is 0 Å². The number of nitrogens with zero attached hydrogens (tertiary/aromatic N) is 1. The first kappa shape index (κ1) is 32.6. The van der Waals surface area contributed by atoms with Gasteiger partial charge in [-0.15, -0.1) is 0 Å². The number of ether oxygens (including phenoxy) is 4. The number of hydrogen-bond donors (Lipinski definition) is 1. The van der Waals surface area contributed by atoms with Crippen LogP contribution in [0.5, 0.6) is 17.2 Å². The molecule has 1 N–H and O–H groups in total. The lowest BCUT2D eigenvalue weighted by Crippen LogP contribution is -2.27. The molecule has 1 fully saturated rings. The molecule has 1 heterocycles. The van der Waals surface area contributed by atoms with Crippen LogP contribution < -0.4 is 24.4 Å². The van der Waals surface area contributed by atoms with Crippen molar-refractivity contribution in [3.05, 3.63) is 81.7 Å². The van der Waals surface area contributed by atoms with Crippen molar-refractivity contribution in [3.63, 3.8) is 0 Å². The zero-order valence-electron chi connectivity index (χ0n) is 22.9. The molecule has 44 heavy (non-hydrogen) atoms. The van der Waals surface area contributed by atoms with Gasteiger partial charge >= 0.3 is 12.1 Å². The summed E-state index contributed by atoms with van der Waals surface area (Å²) >= 11 is 12.2. The van der Waals surface area contributed by atoms with Gasteiger partial charge in [0.25, 0.3) is 11.8 Å². The molecular formula is C29H22ClF3N2O7S2. The molecule has 0 radical (unpaired) electrons. The lowest BCUT2D eigenvalue weighted by Gasteiger charge is -2.16. The number of carbonyl (C=O) groups is 3. The number of halogens is 4. The van der Waals surface area contributed by atoms with Gasteiger partial charge in [-0.05, 0) is 60.2 Å². The smallest absolute Gasteiger partial charge is 0.416 e. The molecule has 0 bridgehead atoms. The van der Waals surface area contributed by atoms with E-state index in [4.69, 9.17) is 42.8 Å². The first-order chi connectivity index (χ1) is 20.9. The van der Waals surface area contributed by atoms with Crippen LogP contribution in [0.25, 0.3) is 6.08 Å². The van der Waals surface area contributed by atoms with Gasteiger partial charge in [0, 0.05) is 5.69 Å². The highest BCUT2D eigenvalue weighted by atomic mass is 35.5. The number of hydrogen-bond acceptors (Lipinski definition) is 9. The fraction of sp³-hybridized carbons (Fsp3) is 0.172. The van der Waals surface area contributed by atoms with E-state index in [9.17, 15) is 27.6 Å². The van der Waals surface area contributed by atoms with Crippen molar-refractivity contribution < 1.29 is 46.5 Å². The molecule has 3 aromatic carbocycles. The van der Waals surface area contributed by atoms with Crippen LogP contribution in [0.1, 0.15) is 11.1 Å². The van der Waals surface area contributed by atoms with Gasteiger partial charge in [-0.2, -0.15) is 13.2 Å². The highest BCUT2D eigenvalue weighted by Crippen LogP contribution is 2.39. The van der Waals surface area contributed by atoms with Crippen molar-refractivity contribution >= 4 is 75.1 Å². The first-order valence-electron chi connectivity index (χ1n) is 12.4. The number of nitrogens with one attached hydrogen (secondary N) is 1. The van der Waals surface area contributed by atoms with Gasteiger partial charge < -0.3 is 24.3 Å². The lowest BCUT2D eigenvalue weighted by atomic mass is 10.1. The molecule has 3 aromatic rings. The predicted molar refractivity (Wildman–Crippen MR) is 163 cm³/mol. The Morgan fingerprint density at radius 2 is 1.73 bits per heavy atom. The van der Waals surface area contributed by atoms with Crippen LogP contribution in [0.15, 0.2) is 65.6 Å². The number of carbonyl (C=O) groups excluding carboxylic acids is 3. The van der Waals surface area contributed by atoms with Crippen LogP contribution in [0.4, 0.5) is 24.5 Å². The summed E-state index contributed by atoms with van der Waals surface area (Å²) < 4.78 is 60.4. The van der Waals surface area contributed by atoms with Gasteiger partial charge in [0.1, 0.15) is 5.75 Å². The Hall–Kier alpha value is -4.27. The zero-order chi connectivity index (χ0) is 32.0. The monoisotopic (exact) mass is 666 g/mol. The normalized spacial score (nSPS) is 14.0. The number of amides is 2. The summed E-state index contributed by atoms with van der Waals surface area (Å²) in [6, 6.07) is 13.6. The number of benzene rings is 3. The topological polar surface area (TPSA) is 103 Å². The van der Waals surface area contributed by atoms with Crippen LogP contribution in [-0.4, -0.2) is 49.5 Å². The molecule has 2 amide bonds. The zero-order valence-corrected chi connectivity index (χ0v) is 25.3. The van der Waals surface area contributed by atoms with Gasteiger partial charge in [-0.25, -0.2) is 4.79 Å². The minimum Gasteiger partial charge on any atom is -0.495 e. The number of esters is 1. The second kappa shape index (κ2) is 14.0. The molecule has 0 atom stereocenters. The summed E-state index contributed by atoms with van der Waals surface area (Å²) in [5.74, 6) is -1.17. The number of anilines is 2. The molecule has 0 saturated carbocycles. The van der Waals surface area contributed by atoms with Gasteiger partial charge in [-0.1, -0.05) is 47.7 Å². The van der Waals surface area contributed by atoms with E-state index in [0.717, 1.165) is 28.8 Å². The molecule has 0 unspecified atom stereocenters. The molecule has 15 heteroatoms. The third-order valence-corrected chi connectivity index (χ3v) is 7.45. The van der Waals surface area contributed by atoms with E-state index in [-0.39, 0.29) is 26.4 Å².